The Morgan fingerprint density at radius 3 is 2.96 bits per heavy atom. The lowest BCUT2D eigenvalue weighted by Crippen LogP contribution is -2.37. The van der Waals surface area contributed by atoms with Crippen LogP contribution in [-0.2, 0) is 21.6 Å². The van der Waals surface area contributed by atoms with Crippen LogP contribution in [0.4, 0.5) is 0 Å². The molecular formula is C18H20N2O3. The molecule has 2 aromatic rings. The molecule has 2 heterocycles. The molecule has 5 heteroatoms. The summed E-state index contributed by atoms with van der Waals surface area (Å²) in [5.74, 6) is -0.873. The van der Waals surface area contributed by atoms with Crippen molar-refractivity contribution in [1.29, 1.82) is 5.26 Å². The zero-order valence-electron chi connectivity index (χ0n) is 13.4. The summed E-state index contributed by atoms with van der Waals surface area (Å²) in [5.41, 5.74) is 3.66. The molecule has 1 aromatic heterocycles. The first-order chi connectivity index (χ1) is 11.0. The standard InChI is InChI=1S/C18H20N2O3/c1-3-7-18(9-14(21)22)17-13(6-8-23-18)15-12(10-19)5-4-11(2)16(15)20-17/h4-5,20H,3,6-9H2,1-2H3,(H,21,22)/t18-/m0/s1. The van der Waals surface area contributed by atoms with Gasteiger partial charge >= 0.3 is 5.97 Å². The van der Waals surface area contributed by atoms with Crippen molar-refractivity contribution in [2.45, 2.75) is 45.1 Å². The molecule has 0 saturated heterocycles. The summed E-state index contributed by atoms with van der Waals surface area (Å²) in [6, 6.07) is 6.01. The van der Waals surface area contributed by atoms with Gasteiger partial charge in [-0.05, 0) is 37.0 Å². The SMILES string of the molecule is CCC[C@@]1(CC(=O)O)OCCc2c1[nH]c1c(C)ccc(C#N)c21. The Morgan fingerprint density at radius 2 is 2.30 bits per heavy atom. The van der Waals surface area contributed by atoms with Gasteiger partial charge in [0.25, 0.3) is 0 Å². The number of rotatable bonds is 4. The second kappa shape index (κ2) is 5.71. The molecule has 1 aliphatic heterocycles. The van der Waals surface area contributed by atoms with Gasteiger partial charge < -0.3 is 14.8 Å². The van der Waals surface area contributed by atoms with E-state index >= 15 is 0 Å². The highest BCUT2D eigenvalue weighted by Gasteiger charge is 2.42. The number of ether oxygens (including phenoxy) is 1. The van der Waals surface area contributed by atoms with Gasteiger partial charge in [-0.15, -0.1) is 0 Å². The summed E-state index contributed by atoms with van der Waals surface area (Å²) in [5, 5.41) is 19.7. The van der Waals surface area contributed by atoms with Gasteiger partial charge in [-0.3, -0.25) is 4.79 Å². The molecule has 0 bridgehead atoms. The Hall–Kier alpha value is -2.32. The Balaban J connectivity index is 2.30. The first-order valence-electron chi connectivity index (χ1n) is 7.93. The Kier molecular flexibility index (Phi) is 3.87. The van der Waals surface area contributed by atoms with Crippen molar-refractivity contribution < 1.29 is 14.6 Å². The average molecular weight is 312 g/mol. The van der Waals surface area contributed by atoms with Crippen LogP contribution in [0.3, 0.4) is 0 Å². The lowest BCUT2D eigenvalue weighted by molar-refractivity contribution is -0.149. The minimum Gasteiger partial charge on any atom is -0.481 e. The Labute approximate surface area is 134 Å². The monoisotopic (exact) mass is 312 g/mol. The van der Waals surface area contributed by atoms with E-state index in [-0.39, 0.29) is 6.42 Å². The molecular weight excluding hydrogens is 292 g/mol. The normalized spacial score (nSPS) is 20.2. The van der Waals surface area contributed by atoms with E-state index in [0.717, 1.165) is 34.1 Å². The fraction of sp³-hybridized carbons (Fsp3) is 0.444. The largest absolute Gasteiger partial charge is 0.481 e. The number of hydrogen-bond acceptors (Lipinski definition) is 3. The van der Waals surface area contributed by atoms with Crippen LogP contribution < -0.4 is 0 Å². The maximum atomic E-state index is 11.4. The number of aliphatic carboxylic acids is 1. The number of H-pyrrole nitrogens is 1. The molecule has 0 amide bonds. The van der Waals surface area contributed by atoms with Crippen LogP contribution in [0.5, 0.6) is 0 Å². The molecule has 1 aliphatic rings. The number of fused-ring (bicyclic) bond motifs is 3. The lowest BCUT2D eigenvalue weighted by atomic mass is 9.84. The van der Waals surface area contributed by atoms with Gasteiger partial charge in [0.05, 0.1) is 35.9 Å². The Bertz CT molecular complexity index is 816. The van der Waals surface area contributed by atoms with E-state index in [1.807, 2.05) is 26.0 Å². The van der Waals surface area contributed by atoms with E-state index < -0.39 is 11.6 Å². The van der Waals surface area contributed by atoms with Crippen molar-refractivity contribution in [3.05, 3.63) is 34.5 Å². The molecule has 1 atom stereocenters. The van der Waals surface area contributed by atoms with Gasteiger partial charge in [0, 0.05) is 5.39 Å². The zero-order valence-corrected chi connectivity index (χ0v) is 13.4. The van der Waals surface area contributed by atoms with Crippen LogP contribution in [-0.4, -0.2) is 22.7 Å². The molecule has 5 nitrogen and oxygen atoms in total. The van der Waals surface area contributed by atoms with E-state index in [2.05, 4.69) is 11.1 Å². The van der Waals surface area contributed by atoms with Crippen molar-refractivity contribution in [1.82, 2.24) is 4.98 Å². The number of nitrogens with one attached hydrogen (secondary N) is 1. The predicted octanol–water partition coefficient (Wildman–Crippen LogP) is 3.39. The minimum absolute atomic E-state index is 0.0679. The van der Waals surface area contributed by atoms with E-state index in [1.165, 1.54) is 0 Å². The van der Waals surface area contributed by atoms with Gasteiger partial charge in [0.2, 0.25) is 0 Å². The highest BCUT2D eigenvalue weighted by Crippen LogP contribution is 2.43. The van der Waals surface area contributed by atoms with E-state index in [1.54, 1.807) is 0 Å². The number of aryl methyl sites for hydroxylation is 1. The summed E-state index contributed by atoms with van der Waals surface area (Å²) >= 11 is 0. The molecule has 0 saturated carbocycles. The summed E-state index contributed by atoms with van der Waals surface area (Å²) in [4.78, 5) is 14.8. The summed E-state index contributed by atoms with van der Waals surface area (Å²) < 4.78 is 5.99. The van der Waals surface area contributed by atoms with Gasteiger partial charge in [0.15, 0.2) is 0 Å². The van der Waals surface area contributed by atoms with Gasteiger partial charge in [-0.2, -0.15) is 5.26 Å². The topological polar surface area (TPSA) is 86.1 Å². The van der Waals surface area contributed by atoms with Gasteiger partial charge in [-0.1, -0.05) is 19.4 Å². The lowest BCUT2D eigenvalue weighted by Gasteiger charge is -2.36. The quantitative estimate of drug-likeness (QED) is 0.906. The van der Waals surface area contributed by atoms with Crippen LogP contribution in [0.15, 0.2) is 12.1 Å². The highest BCUT2D eigenvalue weighted by atomic mass is 16.5. The number of aromatic nitrogens is 1. The fourth-order valence-corrected chi connectivity index (χ4v) is 3.73. The van der Waals surface area contributed by atoms with E-state index in [0.29, 0.717) is 25.0 Å². The number of benzene rings is 1. The number of nitrogens with zero attached hydrogens (tertiary/aromatic N) is 1. The van der Waals surface area contributed by atoms with Gasteiger partial charge in [-0.25, -0.2) is 0 Å². The Morgan fingerprint density at radius 1 is 1.52 bits per heavy atom. The maximum Gasteiger partial charge on any atom is 0.306 e. The zero-order chi connectivity index (χ0) is 16.6. The predicted molar refractivity (Wildman–Crippen MR) is 86.2 cm³/mol. The van der Waals surface area contributed by atoms with Gasteiger partial charge in [0.1, 0.15) is 5.60 Å². The number of aromatic amines is 1. The third-order valence-electron chi connectivity index (χ3n) is 4.66. The number of nitriles is 1. The van der Waals surface area contributed by atoms with E-state index in [4.69, 9.17) is 4.74 Å². The molecule has 0 aliphatic carbocycles. The molecule has 0 spiro atoms. The van der Waals surface area contributed by atoms with Crippen LogP contribution in [0.2, 0.25) is 0 Å². The number of hydrogen-bond donors (Lipinski definition) is 2. The number of carboxylic acid groups (broad SMARTS) is 1. The minimum atomic E-state index is -0.873. The van der Waals surface area contributed by atoms with Crippen molar-refractivity contribution in [2.75, 3.05) is 6.61 Å². The molecule has 1 aromatic carbocycles. The van der Waals surface area contributed by atoms with Crippen molar-refractivity contribution in [3.8, 4) is 6.07 Å². The number of carbonyl (C=O) groups is 1. The molecule has 2 N–H and O–H groups in total. The highest BCUT2D eigenvalue weighted by molar-refractivity contribution is 5.93. The molecule has 3 rings (SSSR count). The second-order valence-electron chi connectivity index (χ2n) is 6.18. The smallest absolute Gasteiger partial charge is 0.306 e. The van der Waals surface area contributed by atoms with Crippen LogP contribution >= 0.6 is 0 Å². The van der Waals surface area contributed by atoms with E-state index in [9.17, 15) is 15.2 Å². The summed E-state index contributed by atoms with van der Waals surface area (Å²) in [6.45, 7) is 4.49. The van der Waals surface area contributed by atoms with Crippen LogP contribution in [0.25, 0.3) is 10.9 Å². The first kappa shape index (κ1) is 15.6. The second-order valence-corrected chi connectivity index (χ2v) is 6.18. The number of carboxylic acids is 1. The van der Waals surface area contributed by atoms with Crippen molar-refractivity contribution in [2.24, 2.45) is 0 Å². The average Bonchev–Trinajstić information content (AvgIpc) is 2.90. The van der Waals surface area contributed by atoms with Crippen molar-refractivity contribution >= 4 is 16.9 Å². The van der Waals surface area contributed by atoms with Crippen LogP contribution in [0, 0.1) is 18.3 Å². The molecule has 23 heavy (non-hydrogen) atoms. The van der Waals surface area contributed by atoms with Crippen molar-refractivity contribution in [3.63, 3.8) is 0 Å². The summed E-state index contributed by atoms with van der Waals surface area (Å²) in [7, 11) is 0. The molecule has 0 fully saturated rings. The summed E-state index contributed by atoms with van der Waals surface area (Å²) in [6.07, 6.45) is 2.09. The third kappa shape index (κ3) is 2.40. The fourth-order valence-electron chi connectivity index (χ4n) is 3.73. The first-order valence-corrected chi connectivity index (χ1v) is 7.93. The molecule has 0 radical (unpaired) electrons. The molecule has 120 valence electrons. The molecule has 0 unspecified atom stereocenters. The third-order valence-corrected chi connectivity index (χ3v) is 4.66. The maximum absolute atomic E-state index is 11.4. The van der Waals surface area contributed by atoms with Crippen LogP contribution in [0.1, 0.15) is 48.6 Å².